The average Bonchev–Trinajstić information content (AvgIpc) is 2.84. The fraction of sp³-hybridized carbons (Fsp3) is 0.367. The Morgan fingerprint density at radius 2 is 1.62 bits per heavy atom. The van der Waals surface area contributed by atoms with E-state index in [4.69, 9.17) is 9.47 Å². The van der Waals surface area contributed by atoms with Crippen LogP contribution in [0.4, 0.5) is 5.69 Å². The molecule has 0 unspecified atom stereocenters. The van der Waals surface area contributed by atoms with Crippen molar-refractivity contribution in [1.29, 1.82) is 0 Å². The van der Waals surface area contributed by atoms with Crippen LogP contribution < -0.4 is 14.8 Å². The molecule has 6 nitrogen and oxygen atoms in total. The van der Waals surface area contributed by atoms with Gasteiger partial charge < -0.3 is 14.8 Å². The predicted octanol–water partition coefficient (Wildman–Crippen LogP) is 6.14. The maximum atomic E-state index is 11.7. The molecule has 0 aromatic heterocycles. The second-order valence-corrected chi connectivity index (χ2v) is 11.7. The largest absolute Gasteiger partial charge is 0.494 e. The van der Waals surface area contributed by atoms with Gasteiger partial charge >= 0.3 is 0 Å². The van der Waals surface area contributed by atoms with Crippen molar-refractivity contribution in [2.75, 3.05) is 30.5 Å². The lowest BCUT2D eigenvalue weighted by Crippen LogP contribution is -2.12. The third-order valence-corrected chi connectivity index (χ3v) is 6.96. The Bertz CT molecular complexity index is 1280. The molecule has 3 aromatic carbocycles. The molecule has 0 bridgehead atoms. The van der Waals surface area contributed by atoms with Gasteiger partial charge in [-0.1, -0.05) is 25.1 Å². The number of nitrogens with one attached hydrogen (secondary N) is 1. The van der Waals surface area contributed by atoms with E-state index in [0.29, 0.717) is 32.6 Å². The second-order valence-electron chi connectivity index (χ2n) is 9.42. The van der Waals surface area contributed by atoms with Crippen molar-refractivity contribution in [3.05, 3.63) is 77.4 Å². The maximum absolute atomic E-state index is 11.7. The lowest BCUT2D eigenvalue weighted by molar-refractivity contribution is -0.117. The number of ketones is 1. The lowest BCUT2D eigenvalue weighted by atomic mass is 9.94. The normalized spacial score (nSPS) is 11.2. The molecule has 0 aliphatic carbocycles. The standard InChI is InChI=1S/C30H37NO5S/c1-5-8-27(32)20-31-26-11-13-28(14-12-26)36-21-24-9-6-10-25(19-24)30-22(2)17-29(18-23(30)3)35-15-7-16-37(4,33)34/h6,9-14,17-19,31H,5,7-8,15-16,20-21H2,1-4H3. The van der Waals surface area contributed by atoms with Gasteiger partial charge in [0, 0.05) is 18.4 Å². The summed E-state index contributed by atoms with van der Waals surface area (Å²) in [6, 6.07) is 19.9. The Balaban J connectivity index is 1.60. The number of Topliss-reactive ketones (excluding diaryl/α,β-unsaturated/α-hetero) is 1. The first kappa shape index (κ1) is 28.3. The molecule has 3 rings (SSSR count). The summed E-state index contributed by atoms with van der Waals surface area (Å²) in [6.45, 7) is 7.26. The molecule has 0 aliphatic heterocycles. The number of carbonyl (C=O) groups excluding carboxylic acids is 1. The molecule has 0 amide bonds. The van der Waals surface area contributed by atoms with E-state index >= 15 is 0 Å². The number of sulfone groups is 1. The second kappa shape index (κ2) is 13.3. The number of anilines is 1. The number of ether oxygens (including phenoxy) is 2. The van der Waals surface area contributed by atoms with Crippen LogP contribution >= 0.6 is 0 Å². The van der Waals surface area contributed by atoms with Crippen LogP contribution in [-0.4, -0.2) is 39.4 Å². The number of carbonyl (C=O) groups is 1. The molecule has 0 spiro atoms. The van der Waals surface area contributed by atoms with E-state index in [-0.39, 0.29) is 11.5 Å². The van der Waals surface area contributed by atoms with Gasteiger partial charge in [-0.05, 0) is 97.0 Å². The summed E-state index contributed by atoms with van der Waals surface area (Å²) in [7, 11) is -2.98. The van der Waals surface area contributed by atoms with Crippen LogP contribution in [0.15, 0.2) is 60.7 Å². The Morgan fingerprint density at radius 1 is 0.919 bits per heavy atom. The van der Waals surface area contributed by atoms with Gasteiger partial charge in [0.25, 0.3) is 0 Å². The van der Waals surface area contributed by atoms with Crippen LogP contribution in [0, 0.1) is 13.8 Å². The Labute approximate surface area is 220 Å². The van der Waals surface area contributed by atoms with E-state index in [2.05, 4.69) is 31.3 Å². The minimum Gasteiger partial charge on any atom is -0.494 e. The molecule has 37 heavy (non-hydrogen) atoms. The highest BCUT2D eigenvalue weighted by atomic mass is 32.2. The van der Waals surface area contributed by atoms with Gasteiger partial charge in [-0.2, -0.15) is 0 Å². The summed E-state index contributed by atoms with van der Waals surface area (Å²) in [5.41, 5.74) is 6.40. The molecule has 0 saturated heterocycles. The van der Waals surface area contributed by atoms with Gasteiger partial charge in [0.15, 0.2) is 5.78 Å². The van der Waals surface area contributed by atoms with E-state index in [1.54, 1.807) is 0 Å². The van der Waals surface area contributed by atoms with Crippen LogP contribution in [-0.2, 0) is 21.2 Å². The first-order valence-electron chi connectivity index (χ1n) is 12.6. The van der Waals surface area contributed by atoms with Gasteiger partial charge in [-0.3, -0.25) is 4.79 Å². The van der Waals surface area contributed by atoms with E-state index < -0.39 is 9.84 Å². The van der Waals surface area contributed by atoms with Crippen LogP contribution in [0.1, 0.15) is 42.9 Å². The smallest absolute Gasteiger partial charge is 0.151 e. The van der Waals surface area contributed by atoms with E-state index in [9.17, 15) is 13.2 Å². The molecule has 0 saturated carbocycles. The number of benzene rings is 3. The summed E-state index contributed by atoms with van der Waals surface area (Å²) in [6.07, 6.45) is 3.17. The van der Waals surface area contributed by atoms with Crippen molar-refractivity contribution in [2.24, 2.45) is 0 Å². The number of hydrogen-bond donors (Lipinski definition) is 1. The zero-order valence-electron chi connectivity index (χ0n) is 22.2. The highest BCUT2D eigenvalue weighted by Crippen LogP contribution is 2.32. The molecule has 0 radical (unpaired) electrons. The molecular formula is C30H37NO5S. The van der Waals surface area contributed by atoms with Crippen LogP contribution in [0.5, 0.6) is 11.5 Å². The summed E-state index contributed by atoms with van der Waals surface area (Å²) in [5, 5.41) is 3.15. The molecular weight excluding hydrogens is 486 g/mol. The van der Waals surface area contributed by atoms with Crippen LogP contribution in [0.3, 0.4) is 0 Å². The van der Waals surface area contributed by atoms with Crippen molar-refractivity contribution < 1.29 is 22.7 Å². The monoisotopic (exact) mass is 523 g/mol. The summed E-state index contributed by atoms with van der Waals surface area (Å²) in [4.78, 5) is 11.7. The van der Waals surface area contributed by atoms with Crippen molar-refractivity contribution in [3.63, 3.8) is 0 Å². The topological polar surface area (TPSA) is 81.7 Å². The quantitative estimate of drug-likeness (QED) is 0.256. The van der Waals surface area contributed by atoms with Gasteiger partial charge in [0.1, 0.15) is 27.9 Å². The van der Waals surface area contributed by atoms with Crippen LogP contribution in [0.25, 0.3) is 11.1 Å². The molecule has 1 N–H and O–H groups in total. The van der Waals surface area contributed by atoms with Gasteiger partial charge in [0.2, 0.25) is 0 Å². The zero-order chi connectivity index (χ0) is 26.8. The number of hydrogen-bond acceptors (Lipinski definition) is 6. The van der Waals surface area contributed by atoms with Gasteiger partial charge in [0.05, 0.1) is 18.9 Å². The number of aryl methyl sites for hydroxylation is 2. The Kier molecular flexibility index (Phi) is 10.1. The fourth-order valence-electron chi connectivity index (χ4n) is 4.19. The predicted molar refractivity (Wildman–Crippen MR) is 150 cm³/mol. The summed E-state index contributed by atoms with van der Waals surface area (Å²) >= 11 is 0. The minimum atomic E-state index is -2.98. The summed E-state index contributed by atoms with van der Waals surface area (Å²) in [5.74, 6) is 1.85. The van der Waals surface area contributed by atoms with Crippen molar-refractivity contribution in [1.82, 2.24) is 0 Å². The molecule has 0 atom stereocenters. The third-order valence-electron chi connectivity index (χ3n) is 5.93. The molecule has 0 aliphatic rings. The zero-order valence-corrected chi connectivity index (χ0v) is 23.0. The van der Waals surface area contributed by atoms with Crippen molar-refractivity contribution in [3.8, 4) is 22.6 Å². The summed E-state index contributed by atoms with van der Waals surface area (Å²) < 4.78 is 34.4. The van der Waals surface area contributed by atoms with E-state index in [1.807, 2.05) is 55.5 Å². The van der Waals surface area contributed by atoms with Gasteiger partial charge in [-0.15, -0.1) is 0 Å². The SMILES string of the molecule is CCCC(=O)CNc1ccc(OCc2cccc(-c3c(C)cc(OCCCS(C)(=O)=O)cc3C)c2)cc1. The molecule has 0 heterocycles. The Hall–Kier alpha value is -3.32. The highest BCUT2D eigenvalue weighted by Gasteiger charge is 2.10. The molecule has 0 fully saturated rings. The minimum absolute atomic E-state index is 0.124. The average molecular weight is 524 g/mol. The fourth-order valence-corrected chi connectivity index (χ4v) is 4.84. The maximum Gasteiger partial charge on any atom is 0.151 e. The highest BCUT2D eigenvalue weighted by molar-refractivity contribution is 7.90. The number of rotatable bonds is 14. The Morgan fingerprint density at radius 3 is 2.27 bits per heavy atom. The third kappa shape index (κ3) is 9.25. The first-order valence-corrected chi connectivity index (χ1v) is 14.7. The molecule has 7 heteroatoms. The van der Waals surface area contributed by atoms with Crippen LogP contribution in [0.2, 0.25) is 0 Å². The first-order chi connectivity index (χ1) is 17.6. The molecule has 3 aromatic rings. The van der Waals surface area contributed by atoms with E-state index in [0.717, 1.165) is 51.4 Å². The van der Waals surface area contributed by atoms with Gasteiger partial charge in [-0.25, -0.2) is 8.42 Å². The van der Waals surface area contributed by atoms with Crippen molar-refractivity contribution in [2.45, 2.75) is 46.6 Å². The molecule has 198 valence electrons. The van der Waals surface area contributed by atoms with Crippen molar-refractivity contribution >= 4 is 21.3 Å². The lowest BCUT2D eigenvalue weighted by Gasteiger charge is -2.15. The van der Waals surface area contributed by atoms with E-state index in [1.165, 1.54) is 6.26 Å².